The Hall–Kier alpha value is -6.05. The maximum atomic E-state index is 14.2. The van der Waals surface area contributed by atoms with Crippen molar-refractivity contribution in [2.24, 2.45) is 0 Å². The number of nitrogens with zero attached hydrogens (tertiary/aromatic N) is 6. The Morgan fingerprint density at radius 3 is 2.35 bits per heavy atom. The van der Waals surface area contributed by atoms with Gasteiger partial charge in [-0.15, -0.1) is 0 Å². The highest BCUT2D eigenvalue weighted by molar-refractivity contribution is 7.93. The molecule has 2 aromatic heterocycles. The molecule has 6 rings (SSSR count). The Morgan fingerprint density at radius 2 is 1.67 bits per heavy atom. The summed E-state index contributed by atoms with van der Waals surface area (Å²) in [5, 5.41) is 17.9. The molecule has 0 radical (unpaired) electrons. The number of alkyl halides is 3. The van der Waals surface area contributed by atoms with Gasteiger partial charge in [0.2, 0.25) is 5.13 Å². The van der Waals surface area contributed by atoms with E-state index in [0.717, 1.165) is 21.9 Å². The molecule has 0 saturated carbocycles. The van der Waals surface area contributed by atoms with Crippen LogP contribution in [0.25, 0.3) is 22.3 Å². The lowest BCUT2D eigenvalue weighted by Gasteiger charge is -2.23. The minimum atomic E-state index is -4.60. The van der Waals surface area contributed by atoms with E-state index in [2.05, 4.69) is 19.6 Å². The number of hydrogen-bond donors (Lipinski definition) is 0. The van der Waals surface area contributed by atoms with Crippen molar-refractivity contribution in [1.29, 1.82) is 5.26 Å². The molecule has 0 N–H and O–H groups in total. The van der Waals surface area contributed by atoms with Crippen LogP contribution in [0.15, 0.2) is 109 Å². The van der Waals surface area contributed by atoms with Crippen molar-refractivity contribution in [2.45, 2.75) is 17.6 Å². The van der Waals surface area contributed by atoms with E-state index in [1.165, 1.54) is 87.5 Å². The first-order valence-electron chi connectivity index (χ1n) is 14.8. The van der Waals surface area contributed by atoms with Gasteiger partial charge in [-0.3, -0.25) is 0 Å². The van der Waals surface area contributed by atoms with Gasteiger partial charge in [-0.2, -0.15) is 33.0 Å². The van der Waals surface area contributed by atoms with Crippen molar-refractivity contribution >= 4 is 26.7 Å². The summed E-state index contributed by atoms with van der Waals surface area (Å²) in [5.41, 5.74) is 0.627. The topological polar surface area (TPSA) is 140 Å². The second-order valence-corrected chi connectivity index (χ2v) is 13.3. The van der Waals surface area contributed by atoms with Gasteiger partial charge in [0.1, 0.15) is 35.4 Å². The molecule has 0 aliphatic rings. The molecule has 51 heavy (non-hydrogen) atoms. The van der Waals surface area contributed by atoms with E-state index in [9.17, 15) is 26.9 Å². The molecule has 16 heteroatoms. The summed E-state index contributed by atoms with van der Waals surface area (Å²) in [4.78, 5) is 3.89. The average Bonchev–Trinajstić information content (AvgIpc) is 3.68. The molecule has 11 nitrogen and oxygen atoms in total. The fourth-order valence-electron chi connectivity index (χ4n) is 5.21. The average molecular weight is 731 g/mol. The maximum Gasteiger partial charge on any atom is 0.417 e. The highest BCUT2D eigenvalue weighted by atomic mass is 32.2. The number of aromatic nitrogens is 4. The van der Waals surface area contributed by atoms with Gasteiger partial charge >= 0.3 is 6.18 Å². The SMILES string of the molecule is COc1ccc(CN(c2ncns2)S(=O)(=O)c2ccc(Oc3ccc(-c4ccccc4C(F)(F)F)cc3-c3ccnnc3)c(C#N)c2)c(OC)c1. The van der Waals surface area contributed by atoms with Crippen LogP contribution in [0.3, 0.4) is 0 Å². The van der Waals surface area contributed by atoms with Crippen LogP contribution in [0.5, 0.6) is 23.0 Å². The fraction of sp³-hybridized carbons (Fsp3) is 0.114. The molecule has 0 bridgehead atoms. The van der Waals surface area contributed by atoms with Gasteiger partial charge in [-0.1, -0.05) is 24.3 Å². The first-order valence-corrected chi connectivity index (χ1v) is 17.0. The lowest BCUT2D eigenvalue weighted by molar-refractivity contribution is -0.137. The number of methoxy groups -OCH3 is 2. The van der Waals surface area contributed by atoms with Crippen molar-refractivity contribution in [3.05, 3.63) is 120 Å². The normalized spacial score (nSPS) is 11.5. The molecule has 2 heterocycles. The molecule has 258 valence electrons. The lowest BCUT2D eigenvalue weighted by Crippen LogP contribution is -2.30. The maximum absolute atomic E-state index is 14.2. The highest BCUT2D eigenvalue weighted by Crippen LogP contribution is 2.42. The summed E-state index contributed by atoms with van der Waals surface area (Å²) in [7, 11) is -1.40. The van der Waals surface area contributed by atoms with E-state index in [0.29, 0.717) is 28.2 Å². The first-order chi connectivity index (χ1) is 24.5. The van der Waals surface area contributed by atoms with Crippen LogP contribution in [-0.4, -0.2) is 42.2 Å². The van der Waals surface area contributed by atoms with Crippen molar-refractivity contribution in [3.8, 4) is 51.3 Å². The molecule has 0 spiro atoms. The van der Waals surface area contributed by atoms with Crippen LogP contribution >= 0.6 is 11.5 Å². The second kappa shape index (κ2) is 14.4. The number of benzene rings is 4. The van der Waals surface area contributed by atoms with Gasteiger partial charge < -0.3 is 14.2 Å². The van der Waals surface area contributed by atoms with Crippen molar-refractivity contribution in [2.75, 3.05) is 18.5 Å². The van der Waals surface area contributed by atoms with E-state index in [4.69, 9.17) is 14.2 Å². The number of hydrogen-bond acceptors (Lipinski definition) is 11. The van der Waals surface area contributed by atoms with E-state index in [1.54, 1.807) is 24.3 Å². The molecule has 4 aromatic carbocycles. The summed E-state index contributed by atoms with van der Waals surface area (Å²) in [6.07, 6.45) is -0.530. The Labute approximate surface area is 294 Å². The van der Waals surface area contributed by atoms with Crippen LogP contribution in [0.4, 0.5) is 18.3 Å². The molecular formula is C35H25F3N6O5S2. The monoisotopic (exact) mass is 730 g/mol. The molecule has 6 aromatic rings. The third-order valence-corrected chi connectivity index (χ3v) is 10.2. The van der Waals surface area contributed by atoms with Gasteiger partial charge in [0.25, 0.3) is 10.0 Å². The van der Waals surface area contributed by atoms with E-state index in [1.807, 2.05) is 6.07 Å². The molecule has 0 aliphatic heterocycles. The van der Waals surface area contributed by atoms with Crippen LogP contribution in [0, 0.1) is 11.3 Å². The molecule has 0 aliphatic carbocycles. The zero-order chi connectivity index (χ0) is 36.2. The number of rotatable bonds is 11. The number of anilines is 1. The zero-order valence-electron chi connectivity index (χ0n) is 26.7. The van der Waals surface area contributed by atoms with Crippen LogP contribution < -0.4 is 18.5 Å². The molecule has 0 amide bonds. The second-order valence-electron chi connectivity index (χ2n) is 10.7. The lowest BCUT2D eigenvalue weighted by atomic mass is 9.95. The summed E-state index contributed by atoms with van der Waals surface area (Å²) >= 11 is 0.867. The predicted octanol–water partition coefficient (Wildman–Crippen LogP) is 7.76. The molecule has 0 atom stereocenters. The predicted molar refractivity (Wildman–Crippen MR) is 182 cm³/mol. The smallest absolute Gasteiger partial charge is 0.417 e. The molecule has 0 fully saturated rings. The van der Waals surface area contributed by atoms with Crippen LogP contribution in [0.1, 0.15) is 16.7 Å². The van der Waals surface area contributed by atoms with Crippen LogP contribution in [-0.2, 0) is 22.7 Å². The minimum absolute atomic E-state index is 0.00226. The van der Waals surface area contributed by atoms with Crippen LogP contribution in [0.2, 0.25) is 0 Å². The third-order valence-electron chi connectivity index (χ3n) is 7.67. The highest BCUT2D eigenvalue weighted by Gasteiger charge is 2.34. The number of ether oxygens (including phenoxy) is 3. The van der Waals surface area contributed by atoms with Gasteiger partial charge in [-0.05, 0) is 65.7 Å². The third kappa shape index (κ3) is 7.30. The quantitative estimate of drug-likeness (QED) is 0.130. The fourth-order valence-corrected chi connectivity index (χ4v) is 7.36. The Kier molecular flexibility index (Phi) is 9.85. The zero-order valence-corrected chi connectivity index (χ0v) is 28.3. The van der Waals surface area contributed by atoms with Crippen molar-refractivity contribution in [3.63, 3.8) is 0 Å². The largest absolute Gasteiger partial charge is 0.497 e. The minimum Gasteiger partial charge on any atom is -0.497 e. The Morgan fingerprint density at radius 1 is 0.863 bits per heavy atom. The first kappa shape index (κ1) is 34.8. The van der Waals surface area contributed by atoms with Crippen molar-refractivity contribution in [1.82, 2.24) is 19.6 Å². The van der Waals surface area contributed by atoms with Gasteiger partial charge in [0.15, 0.2) is 0 Å². The standard InChI is InChI=1S/C35H25F3N6O5S2/c1-47-26-9-7-24(33(17-26)48-2)20-44(34-40-21-43-50-34)51(45,46)27-10-12-31(25(15-27)18-39)49-32-11-8-22(16-29(32)23-13-14-41-42-19-23)28-5-3-4-6-30(28)35(36,37)38/h3-17,19,21H,20H2,1-2H3. The van der Waals surface area contributed by atoms with Crippen molar-refractivity contribution < 1.29 is 35.8 Å². The Bertz CT molecular complexity index is 2340. The number of nitriles is 1. The van der Waals surface area contributed by atoms with Gasteiger partial charge in [-0.25, -0.2) is 17.7 Å². The summed E-state index contributed by atoms with van der Waals surface area (Å²) < 4.78 is 91.9. The Balaban J connectivity index is 1.38. The van der Waals surface area contributed by atoms with E-state index < -0.39 is 21.8 Å². The van der Waals surface area contributed by atoms with Gasteiger partial charge in [0, 0.05) is 34.3 Å². The summed E-state index contributed by atoms with van der Waals surface area (Å²) in [6, 6.07) is 22.0. The molecule has 0 saturated heterocycles. The van der Waals surface area contributed by atoms with E-state index in [-0.39, 0.29) is 44.8 Å². The molecular weight excluding hydrogens is 706 g/mol. The van der Waals surface area contributed by atoms with Gasteiger partial charge in [0.05, 0.1) is 49.2 Å². The summed E-state index contributed by atoms with van der Waals surface area (Å²) in [5.74, 6) is 1.07. The molecule has 0 unspecified atom stereocenters. The summed E-state index contributed by atoms with van der Waals surface area (Å²) in [6.45, 7) is -0.183. The number of halogens is 3. The van der Waals surface area contributed by atoms with E-state index >= 15 is 0 Å². The number of sulfonamides is 1.